The van der Waals surface area contributed by atoms with Gasteiger partial charge in [0.2, 0.25) is 10.0 Å². The Labute approximate surface area is 174 Å². The molecule has 3 N–H and O–H groups in total. The number of sulfonamides is 1. The lowest BCUT2D eigenvalue weighted by atomic mass is 10.1. The molecule has 1 heterocycles. The van der Waals surface area contributed by atoms with Crippen molar-refractivity contribution < 1.29 is 13.2 Å². The van der Waals surface area contributed by atoms with Gasteiger partial charge in [-0.1, -0.05) is 23.7 Å². The first-order valence-corrected chi connectivity index (χ1v) is 10.8. The molecule has 1 amide bonds. The van der Waals surface area contributed by atoms with E-state index in [1.807, 2.05) is 20.8 Å². The van der Waals surface area contributed by atoms with Gasteiger partial charge in [0.15, 0.2) is 0 Å². The Bertz CT molecular complexity index is 1150. The van der Waals surface area contributed by atoms with Crippen LogP contribution in [-0.4, -0.2) is 24.1 Å². The van der Waals surface area contributed by atoms with Crippen LogP contribution in [0.15, 0.2) is 53.4 Å². The summed E-state index contributed by atoms with van der Waals surface area (Å²) >= 11 is 6.19. The van der Waals surface area contributed by atoms with Crippen LogP contribution in [0.1, 0.15) is 40.3 Å². The molecule has 7 nitrogen and oxygen atoms in total. The maximum atomic E-state index is 12.6. The molecule has 1 aromatic heterocycles. The highest BCUT2D eigenvalue weighted by Crippen LogP contribution is 2.23. The Morgan fingerprint density at radius 1 is 1.10 bits per heavy atom. The summed E-state index contributed by atoms with van der Waals surface area (Å²) in [6.07, 6.45) is 0. The van der Waals surface area contributed by atoms with Crippen LogP contribution >= 0.6 is 11.6 Å². The summed E-state index contributed by atoms with van der Waals surface area (Å²) in [5.41, 5.74) is 3.64. The van der Waals surface area contributed by atoms with Crippen molar-refractivity contribution in [1.82, 2.24) is 15.1 Å². The number of hydrogen-bond donors (Lipinski definition) is 2. The monoisotopic (exact) mass is 432 g/mol. The standard InChI is InChI=1S/C20H21ClN4O3S/c1-12(15-6-10-18(11-7-15)29(22,27)28)23-20(26)16-4-8-17(9-5-16)25-14(3)19(21)13(2)24-25/h4-12H,1-3H3,(H,23,26)(H2,22,27,28). The lowest BCUT2D eigenvalue weighted by Crippen LogP contribution is -2.26. The number of benzene rings is 2. The maximum Gasteiger partial charge on any atom is 0.251 e. The molecule has 0 aliphatic carbocycles. The maximum absolute atomic E-state index is 12.6. The first-order valence-electron chi connectivity index (χ1n) is 8.83. The Morgan fingerprint density at radius 3 is 2.17 bits per heavy atom. The molecule has 9 heteroatoms. The van der Waals surface area contributed by atoms with Gasteiger partial charge in [0, 0.05) is 5.56 Å². The van der Waals surface area contributed by atoms with Crippen molar-refractivity contribution in [1.29, 1.82) is 0 Å². The molecule has 0 aliphatic rings. The molecule has 0 bridgehead atoms. The molecule has 1 atom stereocenters. The van der Waals surface area contributed by atoms with Crippen LogP contribution in [0.3, 0.4) is 0 Å². The zero-order valence-corrected chi connectivity index (χ0v) is 17.8. The zero-order chi connectivity index (χ0) is 21.3. The molecule has 0 saturated heterocycles. The number of nitrogens with zero attached hydrogens (tertiary/aromatic N) is 2. The molecule has 0 radical (unpaired) electrons. The van der Waals surface area contributed by atoms with E-state index in [1.54, 1.807) is 41.1 Å². The quantitative estimate of drug-likeness (QED) is 0.645. The van der Waals surface area contributed by atoms with Crippen molar-refractivity contribution in [3.05, 3.63) is 76.1 Å². The number of halogens is 1. The summed E-state index contributed by atoms with van der Waals surface area (Å²) in [5.74, 6) is -0.244. The smallest absolute Gasteiger partial charge is 0.251 e. The number of carbonyl (C=O) groups is 1. The second-order valence-corrected chi connectivity index (χ2v) is 8.69. The van der Waals surface area contributed by atoms with Crippen molar-refractivity contribution in [3.63, 3.8) is 0 Å². The molecule has 0 spiro atoms. The second-order valence-electron chi connectivity index (χ2n) is 6.75. The number of aryl methyl sites for hydroxylation is 1. The molecule has 0 fully saturated rings. The van der Waals surface area contributed by atoms with Crippen LogP contribution < -0.4 is 10.5 Å². The van der Waals surface area contributed by atoms with E-state index in [4.69, 9.17) is 16.7 Å². The van der Waals surface area contributed by atoms with Crippen LogP contribution in [0.4, 0.5) is 0 Å². The van der Waals surface area contributed by atoms with E-state index in [2.05, 4.69) is 10.4 Å². The minimum atomic E-state index is -3.75. The number of amides is 1. The van der Waals surface area contributed by atoms with Gasteiger partial charge >= 0.3 is 0 Å². The first kappa shape index (κ1) is 21.0. The molecule has 152 valence electrons. The van der Waals surface area contributed by atoms with E-state index in [9.17, 15) is 13.2 Å². The summed E-state index contributed by atoms with van der Waals surface area (Å²) in [6.45, 7) is 5.53. The van der Waals surface area contributed by atoms with E-state index < -0.39 is 10.0 Å². The van der Waals surface area contributed by atoms with Crippen molar-refractivity contribution in [2.75, 3.05) is 0 Å². The third-order valence-corrected chi connectivity index (χ3v) is 6.11. The SMILES string of the molecule is Cc1nn(-c2ccc(C(=O)NC(C)c3ccc(S(N)(=O)=O)cc3)cc2)c(C)c1Cl. The summed E-state index contributed by atoms with van der Waals surface area (Å²) < 4.78 is 24.4. The number of hydrogen-bond acceptors (Lipinski definition) is 4. The molecule has 0 saturated carbocycles. The molecule has 29 heavy (non-hydrogen) atoms. The predicted octanol–water partition coefficient (Wildman–Crippen LogP) is 3.28. The van der Waals surface area contributed by atoms with Crippen LogP contribution in [-0.2, 0) is 10.0 Å². The summed E-state index contributed by atoms with van der Waals surface area (Å²) in [7, 11) is -3.75. The van der Waals surface area contributed by atoms with Crippen LogP contribution in [0, 0.1) is 13.8 Å². The molecular formula is C20H21ClN4O3S. The Kier molecular flexibility index (Phi) is 5.79. The van der Waals surface area contributed by atoms with Crippen molar-refractivity contribution in [2.45, 2.75) is 31.7 Å². The minimum absolute atomic E-state index is 0.0274. The second kappa shape index (κ2) is 7.98. The molecule has 0 aliphatic heterocycles. The largest absolute Gasteiger partial charge is 0.346 e. The van der Waals surface area contributed by atoms with Gasteiger partial charge in [-0.25, -0.2) is 18.2 Å². The predicted molar refractivity (Wildman–Crippen MR) is 112 cm³/mol. The van der Waals surface area contributed by atoms with E-state index in [1.165, 1.54) is 12.1 Å². The summed E-state index contributed by atoms with van der Waals surface area (Å²) in [4.78, 5) is 12.6. The number of nitrogens with two attached hydrogens (primary N) is 1. The first-order chi connectivity index (χ1) is 13.6. The number of primary sulfonamides is 1. The van der Waals surface area contributed by atoms with E-state index in [0.29, 0.717) is 10.6 Å². The highest BCUT2D eigenvalue weighted by molar-refractivity contribution is 7.89. The number of aromatic nitrogens is 2. The Morgan fingerprint density at radius 2 is 1.69 bits per heavy atom. The molecule has 3 aromatic rings. The number of rotatable bonds is 5. The van der Waals surface area contributed by atoms with Gasteiger partial charge in [-0.05, 0) is 62.7 Å². The van der Waals surface area contributed by atoms with Crippen molar-refractivity contribution >= 4 is 27.5 Å². The normalized spacial score (nSPS) is 12.6. The minimum Gasteiger partial charge on any atom is -0.346 e. The van der Waals surface area contributed by atoms with Crippen LogP contribution in [0.5, 0.6) is 0 Å². The zero-order valence-electron chi connectivity index (χ0n) is 16.2. The molecule has 2 aromatic carbocycles. The average Bonchev–Trinajstić information content (AvgIpc) is 2.95. The topological polar surface area (TPSA) is 107 Å². The highest BCUT2D eigenvalue weighted by atomic mass is 35.5. The summed E-state index contributed by atoms with van der Waals surface area (Å²) in [6, 6.07) is 12.8. The van der Waals surface area contributed by atoms with Gasteiger partial charge in [0.1, 0.15) is 0 Å². The number of nitrogens with one attached hydrogen (secondary N) is 1. The number of carbonyl (C=O) groups excluding carboxylic acids is 1. The Balaban J connectivity index is 1.73. The van der Waals surface area contributed by atoms with E-state index in [-0.39, 0.29) is 16.8 Å². The van der Waals surface area contributed by atoms with Gasteiger partial charge in [-0.3, -0.25) is 4.79 Å². The summed E-state index contributed by atoms with van der Waals surface area (Å²) in [5, 5.41) is 13.0. The lowest BCUT2D eigenvalue weighted by Gasteiger charge is -2.15. The molecule has 1 unspecified atom stereocenters. The van der Waals surface area contributed by atoms with Crippen LogP contribution in [0.2, 0.25) is 5.02 Å². The molecule has 3 rings (SSSR count). The van der Waals surface area contributed by atoms with E-state index >= 15 is 0 Å². The van der Waals surface area contributed by atoms with Gasteiger partial charge in [0.25, 0.3) is 5.91 Å². The average molecular weight is 433 g/mol. The third kappa shape index (κ3) is 4.50. The van der Waals surface area contributed by atoms with Gasteiger partial charge in [-0.15, -0.1) is 0 Å². The van der Waals surface area contributed by atoms with Gasteiger partial charge < -0.3 is 5.32 Å². The van der Waals surface area contributed by atoms with E-state index in [0.717, 1.165) is 22.6 Å². The third-order valence-electron chi connectivity index (χ3n) is 4.63. The fourth-order valence-corrected chi connectivity index (χ4v) is 3.57. The fourth-order valence-electron chi connectivity index (χ4n) is 2.94. The highest BCUT2D eigenvalue weighted by Gasteiger charge is 2.15. The van der Waals surface area contributed by atoms with Gasteiger partial charge in [-0.2, -0.15) is 5.10 Å². The van der Waals surface area contributed by atoms with Crippen LogP contribution in [0.25, 0.3) is 5.69 Å². The lowest BCUT2D eigenvalue weighted by molar-refractivity contribution is 0.0940. The fraction of sp³-hybridized carbons (Fsp3) is 0.200. The Hall–Kier alpha value is -2.68. The van der Waals surface area contributed by atoms with Crippen molar-refractivity contribution in [3.8, 4) is 5.69 Å². The van der Waals surface area contributed by atoms with Gasteiger partial charge in [0.05, 0.1) is 33.0 Å². The molecular weight excluding hydrogens is 412 g/mol. The van der Waals surface area contributed by atoms with Crippen molar-refractivity contribution in [2.24, 2.45) is 5.14 Å².